The zero-order valence-electron chi connectivity index (χ0n) is 13.4. The molecule has 8 heteroatoms. The fourth-order valence-electron chi connectivity index (χ4n) is 2.34. The van der Waals surface area contributed by atoms with Crippen LogP contribution in [0.3, 0.4) is 0 Å². The van der Waals surface area contributed by atoms with Crippen molar-refractivity contribution in [2.24, 2.45) is 0 Å². The minimum Gasteiger partial charge on any atom is -0.484 e. The molecule has 0 unspecified atom stereocenters. The molecule has 128 valence electrons. The van der Waals surface area contributed by atoms with Crippen LogP contribution in [0.5, 0.6) is 5.75 Å². The van der Waals surface area contributed by atoms with Gasteiger partial charge in [0.1, 0.15) is 11.6 Å². The van der Waals surface area contributed by atoms with E-state index in [1.54, 1.807) is 0 Å². The second kappa shape index (κ2) is 7.00. The van der Waals surface area contributed by atoms with Crippen molar-refractivity contribution < 1.29 is 14.5 Å². The van der Waals surface area contributed by atoms with E-state index in [-0.39, 0.29) is 24.2 Å². The summed E-state index contributed by atoms with van der Waals surface area (Å²) < 4.78 is 5.33. The third kappa shape index (κ3) is 3.92. The zero-order chi connectivity index (χ0) is 17.8. The quantitative estimate of drug-likeness (QED) is 0.529. The largest absolute Gasteiger partial charge is 0.484 e. The standard InChI is InChI=1S/C17H16N4O4/c1-11(17-19-14-4-2-3-5-15(14)20-17)18-16(22)10-25-13-8-6-12(7-9-13)21(23)24/h2-9,11H,10H2,1H3,(H,18,22)(H,19,20)/t11-/m0/s1. The van der Waals surface area contributed by atoms with Crippen molar-refractivity contribution in [3.8, 4) is 5.75 Å². The van der Waals surface area contributed by atoms with Gasteiger partial charge in [-0.15, -0.1) is 0 Å². The average molecular weight is 340 g/mol. The van der Waals surface area contributed by atoms with Gasteiger partial charge >= 0.3 is 0 Å². The van der Waals surface area contributed by atoms with Crippen molar-refractivity contribution in [3.05, 3.63) is 64.5 Å². The van der Waals surface area contributed by atoms with Gasteiger partial charge in [0.05, 0.1) is 22.0 Å². The molecule has 25 heavy (non-hydrogen) atoms. The summed E-state index contributed by atoms with van der Waals surface area (Å²) in [5.74, 6) is 0.730. The van der Waals surface area contributed by atoms with E-state index in [4.69, 9.17) is 4.74 Å². The Morgan fingerprint density at radius 2 is 2.00 bits per heavy atom. The molecule has 0 aliphatic heterocycles. The van der Waals surface area contributed by atoms with Gasteiger partial charge in [-0.1, -0.05) is 12.1 Å². The number of nitrogens with zero attached hydrogens (tertiary/aromatic N) is 2. The molecule has 0 aliphatic carbocycles. The van der Waals surface area contributed by atoms with Gasteiger partial charge in [0.15, 0.2) is 6.61 Å². The number of H-pyrrole nitrogens is 1. The monoisotopic (exact) mass is 340 g/mol. The molecule has 0 aliphatic rings. The maximum Gasteiger partial charge on any atom is 0.269 e. The normalized spacial score (nSPS) is 11.9. The van der Waals surface area contributed by atoms with Crippen LogP contribution < -0.4 is 10.1 Å². The zero-order valence-corrected chi connectivity index (χ0v) is 13.4. The predicted molar refractivity (Wildman–Crippen MR) is 91.2 cm³/mol. The number of nitrogens with one attached hydrogen (secondary N) is 2. The number of imidazole rings is 1. The Morgan fingerprint density at radius 3 is 2.68 bits per heavy atom. The van der Waals surface area contributed by atoms with E-state index in [0.29, 0.717) is 11.6 Å². The van der Waals surface area contributed by atoms with Crippen LogP contribution >= 0.6 is 0 Å². The third-order valence-corrected chi connectivity index (χ3v) is 3.61. The summed E-state index contributed by atoms with van der Waals surface area (Å²) in [7, 11) is 0. The maximum atomic E-state index is 12.0. The summed E-state index contributed by atoms with van der Waals surface area (Å²) in [6, 6.07) is 12.9. The molecule has 0 radical (unpaired) electrons. The van der Waals surface area contributed by atoms with E-state index >= 15 is 0 Å². The van der Waals surface area contributed by atoms with Crippen LogP contribution in [0.4, 0.5) is 5.69 Å². The van der Waals surface area contributed by atoms with Gasteiger partial charge in [-0.3, -0.25) is 14.9 Å². The summed E-state index contributed by atoms with van der Waals surface area (Å²) in [6.07, 6.45) is 0. The van der Waals surface area contributed by atoms with Gasteiger partial charge in [0.2, 0.25) is 0 Å². The topological polar surface area (TPSA) is 110 Å². The van der Waals surface area contributed by atoms with Crippen LogP contribution in [0.25, 0.3) is 11.0 Å². The second-order valence-corrected chi connectivity index (χ2v) is 5.47. The van der Waals surface area contributed by atoms with Crippen molar-refractivity contribution in [3.63, 3.8) is 0 Å². The lowest BCUT2D eigenvalue weighted by Gasteiger charge is -2.12. The minimum atomic E-state index is -0.495. The predicted octanol–water partition coefficient (Wildman–Crippen LogP) is 2.73. The van der Waals surface area contributed by atoms with Gasteiger partial charge < -0.3 is 15.0 Å². The van der Waals surface area contributed by atoms with Crippen molar-refractivity contribution in [2.75, 3.05) is 6.61 Å². The summed E-state index contributed by atoms with van der Waals surface area (Å²) in [6.45, 7) is 1.63. The van der Waals surface area contributed by atoms with Crippen LogP contribution in [0.1, 0.15) is 18.8 Å². The number of amides is 1. The van der Waals surface area contributed by atoms with Crippen LogP contribution in [-0.4, -0.2) is 27.4 Å². The molecule has 1 atom stereocenters. The van der Waals surface area contributed by atoms with Crippen molar-refractivity contribution >= 4 is 22.6 Å². The number of non-ortho nitro benzene ring substituents is 1. The Hall–Kier alpha value is -3.42. The SMILES string of the molecule is C[C@H](NC(=O)COc1ccc([N+](=O)[O-])cc1)c1nc2ccccc2[nH]1. The first-order valence-electron chi connectivity index (χ1n) is 7.64. The van der Waals surface area contributed by atoms with Crippen molar-refractivity contribution in [2.45, 2.75) is 13.0 Å². The molecule has 0 spiro atoms. The van der Waals surface area contributed by atoms with Gasteiger partial charge in [-0.05, 0) is 31.2 Å². The number of aromatic amines is 1. The lowest BCUT2D eigenvalue weighted by molar-refractivity contribution is -0.384. The molecule has 3 rings (SSSR count). The Bertz CT molecular complexity index is 871. The number of hydrogen-bond donors (Lipinski definition) is 2. The van der Waals surface area contributed by atoms with Crippen LogP contribution in [0, 0.1) is 10.1 Å². The number of benzene rings is 2. The summed E-state index contributed by atoms with van der Waals surface area (Å²) in [5, 5.41) is 13.4. The van der Waals surface area contributed by atoms with Gasteiger partial charge in [-0.2, -0.15) is 0 Å². The molecule has 0 fully saturated rings. The van der Waals surface area contributed by atoms with E-state index in [1.807, 2.05) is 31.2 Å². The van der Waals surface area contributed by atoms with Gasteiger partial charge in [-0.25, -0.2) is 4.98 Å². The molecule has 2 N–H and O–H groups in total. The van der Waals surface area contributed by atoms with Crippen LogP contribution in [0.2, 0.25) is 0 Å². The number of hydrogen-bond acceptors (Lipinski definition) is 5. The molecular weight excluding hydrogens is 324 g/mol. The minimum absolute atomic E-state index is 0.0321. The highest BCUT2D eigenvalue weighted by molar-refractivity contribution is 5.78. The highest BCUT2D eigenvalue weighted by Gasteiger charge is 2.14. The Labute approximate surface area is 143 Å². The summed E-state index contributed by atoms with van der Waals surface area (Å²) in [5.41, 5.74) is 1.71. The molecule has 1 aromatic heterocycles. The van der Waals surface area contributed by atoms with Gasteiger partial charge in [0.25, 0.3) is 11.6 Å². The van der Waals surface area contributed by atoms with Crippen LogP contribution in [0.15, 0.2) is 48.5 Å². The van der Waals surface area contributed by atoms with E-state index in [2.05, 4.69) is 15.3 Å². The lowest BCUT2D eigenvalue weighted by atomic mass is 10.3. The number of ether oxygens (including phenoxy) is 1. The van der Waals surface area contributed by atoms with Crippen LogP contribution in [-0.2, 0) is 4.79 Å². The van der Waals surface area contributed by atoms with Crippen molar-refractivity contribution in [1.29, 1.82) is 0 Å². The van der Waals surface area contributed by atoms with Crippen molar-refractivity contribution in [1.82, 2.24) is 15.3 Å². The van der Waals surface area contributed by atoms with E-state index < -0.39 is 4.92 Å². The summed E-state index contributed by atoms with van der Waals surface area (Å²) >= 11 is 0. The molecule has 8 nitrogen and oxygen atoms in total. The fraction of sp³-hybridized carbons (Fsp3) is 0.176. The molecular formula is C17H16N4O4. The Morgan fingerprint density at radius 1 is 1.28 bits per heavy atom. The average Bonchev–Trinajstić information content (AvgIpc) is 3.04. The van der Waals surface area contributed by atoms with E-state index in [9.17, 15) is 14.9 Å². The first kappa shape index (κ1) is 16.4. The number of carbonyl (C=O) groups excluding carboxylic acids is 1. The number of nitro groups is 1. The van der Waals surface area contributed by atoms with Gasteiger partial charge in [0, 0.05) is 12.1 Å². The van der Waals surface area contributed by atoms with E-state index in [1.165, 1.54) is 24.3 Å². The molecule has 0 saturated carbocycles. The number of fused-ring (bicyclic) bond motifs is 1. The molecule has 3 aromatic rings. The lowest BCUT2D eigenvalue weighted by Crippen LogP contribution is -2.31. The highest BCUT2D eigenvalue weighted by atomic mass is 16.6. The number of carbonyl (C=O) groups is 1. The highest BCUT2D eigenvalue weighted by Crippen LogP contribution is 2.18. The molecule has 1 amide bonds. The molecule has 1 heterocycles. The Kier molecular flexibility index (Phi) is 4.60. The summed E-state index contributed by atoms with van der Waals surface area (Å²) in [4.78, 5) is 29.7. The fourth-order valence-corrected chi connectivity index (χ4v) is 2.34. The smallest absolute Gasteiger partial charge is 0.269 e. The first-order valence-corrected chi connectivity index (χ1v) is 7.64. The molecule has 0 bridgehead atoms. The third-order valence-electron chi connectivity index (χ3n) is 3.61. The molecule has 0 saturated heterocycles. The first-order chi connectivity index (χ1) is 12.0. The Balaban J connectivity index is 1.55. The second-order valence-electron chi connectivity index (χ2n) is 5.47. The number of aromatic nitrogens is 2. The number of para-hydroxylation sites is 2. The van der Waals surface area contributed by atoms with E-state index in [0.717, 1.165) is 11.0 Å². The molecule has 2 aromatic carbocycles. The number of nitro benzene ring substituents is 1. The maximum absolute atomic E-state index is 12.0. The number of rotatable bonds is 6.